The first-order chi connectivity index (χ1) is 22.6. The lowest BCUT2D eigenvalue weighted by molar-refractivity contribution is -0.148. The Morgan fingerprint density at radius 1 is 1.04 bits per heavy atom. The molecule has 2 aromatic carbocycles. The number of methoxy groups -OCH3 is 2. The van der Waals surface area contributed by atoms with E-state index in [-0.39, 0.29) is 35.9 Å². The average Bonchev–Trinajstić information content (AvgIpc) is 3.26. The molecule has 1 saturated carbocycles. The smallest absolute Gasteiger partial charge is 0.416 e. The third kappa shape index (κ3) is 6.24. The summed E-state index contributed by atoms with van der Waals surface area (Å²) in [6.07, 6.45) is -5.13. The number of rotatable bonds is 8. The van der Waals surface area contributed by atoms with Crippen molar-refractivity contribution in [2.75, 3.05) is 32.2 Å². The van der Waals surface area contributed by atoms with Crippen molar-refractivity contribution in [1.82, 2.24) is 14.9 Å². The van der Waals surface area contributed by atoms with Gasteiger partial charge in [-0.25, -0.2) is 23.5 Å². The van der Waals surface area contributed by atoms with Crippen molar-refractivity contribution in [3.05, 3.63) is 70.0 Å². The summed E-state index contributed by atoms with van der Waals surface area (Å²) in [5.41, 5.74) is 2.57. The van der Waals surface area contributed by atoms with Gasteiger partial charge >= 0.3 is 18.2 Å². The fraction of sp³-hybridized carbons (Fsp3) is 0.471. The fourth-order valence-electron chi connectivity index (χ4n) is 6.76. The van der Waals surface area contributed by atoms with E-state index in [0.29, 0.717) is 46.7 Å². The van der Waals surface area contributed by atoms with Crippen molar-refractivity contribution in [2.45, 2.75) is 70.3 Å². The summed E-state index contributed by atoms with van der Waals surface area (Å²) in [7, 11) is 2.86. The summed E-state index contributed by atoms with van der Waals surface area (Å²) >= 11 is 0. The molecule has 256 valence electrons. The van der Waals surface area contributed by atoms with Gasteiger partial charge in [0.25, 0.3) is 5.92 Å². The minimum absolute atomic E-state index is 0.0671. The molecule has 3 heterocycles. The highest BCUT2D eigenvalue weighted by Gasteiger charge is 2.46. The molecule has 14 heteroatoms. The predicted octanol–water partition coefficient (Wildman–Crippen LogP) is 6.99. The van der Waals surface area contributed by atoms with E-state index in [1.807, 2.05) is 12.1 Å². The van der Waals surface area contributed by atoms with Gasteiger partial charge in [-0.3, -0.25) is 9.69 Å². The second-order valence-corrected chi connectivity index (χ2v) is 12.8. The number of alkyl halides is 5. The Morgan fingerprint density at radius 2 is 1.75 bits per heavy atom. The average molecular weight is 675 g/mol. The Balaban J connectivity index is 1.38. The van der Waals surface area contributed by atoms with Crippen molar-refractivity contribution >= 4 is 18.0 Å². The van der Waals surface area contributed by atoms with Crippen molar-refractivity contribution in [3.8, 4) is 16.9 Å². The second-order valence-electron chi connectivity index (χ2n) is 12.8. The van der Waals surface area contributed by atoms with Gasteiger partial charge in [0.2, 0.25) is 5.95 Å². The topological polar surface area (TPSA) is 94.1 Å². The van der Waals surface area contributed by atoms with E-state index >= 15 is 0 Å². The van der Waals surface area contributed by atoms with Crippen molar-refractivity contribution in [2.24, 2.45) is 5.92 Å². The molecule has 0 radical (unpaired) electrons. The van der Waals surface area contributed by atoms with Crippen LogP contribution < -0.4 is 9.64 Å². The van der Waals surface area contributed by atoms with Crippen molar-refractivity contribution < 1.29 is 45.8 Å². The van der Waals surface area contributed by atoms with Gasteiger partial charge < -0.3 is 19.1 Å². The number of aryl methyl sites for hydroxylation is 2. The van der Waals surface area contributed by atoms with E-state index in [1.54, 1.807) is 26.0 Å². The van der Waals surface area contributed by atoms with E-state index in [4.69, 9.17) is 14.2 Å². The number of amides is 1. The Morgan fingerprint density at radius 3 is 2.38 bits per heavy atom. The molecule has 2 atom stereocenters. The van der Waals surface area contributed by atoms with Gasteiger partial charge in [-0.1, -0.05) is 17.7 Å². The molecule has 1 aromatic heterocycles. The minimum atomic E-state index is -4.59. The Labute approximate surface area is 274 Å². The van der Waals surface area contributed by atoms with Crippen LogP contribution in [0.1, 0.15) is 65.4 Å². The van der Waals surface area contributed by atoms with Gasteiger partial charge in [-0.05, 0) is 74.9 Å². The van der Waals surface area contributed by atoms with Crippen LogP contribution in [0.3, 0.4) is 0 Å². The summed E-state index contributed by atoms with van der Waals surface area (Å²) in [6, 6.07) is 8.48. The maximum atomic E-state index is 13.9. The monoisotopic (exact) mass is 674 g/mol. The quantitative estimate of drug-likeness (QED) is 0.187. The number of hydrogen-bond acceptors (Lipinski definition) is 8. The number of cyclic esters (lactones) is 1. The molecule has 0 bridgehead atoms. The zero-order chi connectivity index (χ0) is 34.7. The molecule has 0 unspecified atom stereocenters. The molecule has 3 aliphatic rings. The first kappa shape index (κ1) is 33.4. The Hall–Kier alpha value is -4.49. The number of carbonyl (C=O) groups is 2. The molecule has 3 aromatic rings. The lowest BCUT2D eigenvalue weighted by Gasteiger charge is -2.39. The maximum absolute atomic E-state index is 13.9. The predicted molar refractivity (Wildman–Crippen MR) is 164 cm³/mol. The van der Waals surface area contributed by atoms with Gasteiger partial charge in [-0.2, -0.15) is 13.2 Å². The summed E-state index contributed by atoms with van der Waals surface area (Å²) in [5.74, 6) is -2.72. The number of benzene rings is 2. The second kappa shape index (κ2) is 12.2. The summed E-state index contributed by atoms with van der Waals surface area (Å²) in [4.78, 5) is 37.3. The maximum Gasteiger partial charge on any atom is 0.416 e. The summed E-state index contributed by atoms with van der Waals surface area (Å²) in [5, 5.41) is 0. The number of aromatic nitrogens is 2. The SMILES string of the molecule is COC(=O)C1CC(c2ccc(OC)c(-c3c(C)nc(N4CC(F)(F)C4)nc3CN3C(=O)O[C@H](c4cc(C)cc(C(F)(F)F)c4)[C@@H]3C)c2)C1. The molecule has 2 saturated heterocycles. The number of esters is 1. The third-order valence-electron chi connectivity index (χ3n) is 9.38. The molecule has 1 amide bonds. The number of ether oxygens (including phenoxy) is 3. The van der Waals surface area contributed by atoms with E-state index in [9.17, 15) is 31.5 Å². The minimum Gasteiger partial charge on any atom is -0.496 e. The Bertz CT molecular complexity index is 1750. The van der Waals surface area contributed by atoms with Crippen molar-refractivity contribution in [3.63, 3.8) is 0 Å². The molecule has 3 fully saturated rings. The fourth-order valence-corrected chi connectivity index (χ4v) is 6.76. The van der Waals surface area contributed by atoms with Crippen LogP contribution in [0.4, 0.5) is 32.7 Å². The van der Waals surface area contributed by atoms with Crippen LogP contribution in [-0.2, 0) is 27.0 Å². The molecular weight excluding hydrogens is 639 g/mol. The van der Waals surface area contributed by atoms with Crippen LogP contribution in [0.15, 0.2) is 36.4 Å². The first-order valence-corrected chi connectivity index (χ1v) is 15.5. The molecule has 48 heavy (non-hydrogen) atoms. The van der Waals surface area contributed by atoms with E-state index in [2.05, 4.69) is 9.97 Å². The van der Waals surface area contributed by atoms with E-state index in [1.165, 1.54) is 30.9 Å². The van der Waals surface area contributed by atoms with Crippen molar-refractivity contribution in [1.29, 1.82) is 0 Å². The first-order valence-electron chi connectivity index (χ1n) is 15.5. The molecular formula is C34H35F5N4O5. The van der Waals surface area contributed by atoms with Crippen LogP contribution in [0, 0.1) is 19.8 Å². The van der Waals surface area contributed by atoms with Gasteiger partial charge in [0.1, 0.15) is 11.9 Å². The molecule has 0 N–H and O–H groups in total. The highest BCUT2D eigenvalue weighted by Crippen LogP contribution is 2.46. The number of nitrogens with zero attached hydrogens (tertiary/aromatic N) is 4. The zero-order valence-corrected chi connectivity index (χ0v) is 27.0. The van der Waals surface area contributed by atoms with Crippen LogP contribution in [0.2, 0.25) is 0 Å². The molecule has 0 spiro atoms. The van der Waals surface area contributed by atoms with Gasteiger partial charge in [-0.15, -0.1) is 0 Å². The van der Waals surface area contributed by atoms with Crippen LogP contribution in [0.25, 0.3) is 11.1 Å². The van der Waals surface area contributed by atoms with Crippen LogP contribution >= 0.6 is 0 Å². The number of hydrogen-bond donors (Lipinski definition) is 0. The third-order valence-corrected chi connectivity index (χ3v) is 9.38. The molecule has 9 nitrogen and oxygen atoms in total. The molecule has 2 aliphatic heterocycles. The Kier molecular flexibility index (Phi) is 8.49. The number of carbonyl (C=O) groups excluding carboxylic acids is 2. The summed E-state index contributed by atoms with van der Waals surface area (Å²) in [6.45, 7) is 3.65. The molecule has 1 aliphatic carbocycles. The highest BCUT2D eigenvalue weighted by atomic mass is 19.4. The van der Waals surface area contributed by atoms with Gasteiger partial charge in [0.05, 0.1) is 62.8 Å². The van der Waals surface area contributed by atoms with Gasteiger partial charge in [0.15, 0.2) is 0 Å². The van der Waals surface area contributed by atoms with E-state index < -0.39 is 49.0 Å². The summed E-state index contributed by atoms with van der Waals surface area (Å²) < 4.78 is 84.8. The lowest BCUT2D eigenvalue weighted by Crippen LogP contribution is -2.57. The zero-order valence-electron chi connectivity index (χ0n) is 27.0. The normalized spacial score (nSPS) is 23.3. The van der Waals surface area contributed by atoms with Gasteiger partial charge in [0, 0.05) is 11.1 Å². The standard InChI is InChI=1S/C34H35F5N4O5/c1-17-8-22(12-24(9-17)34(37,38)39)29-19(3)43(32(45)48-29)14-26-28(18(2)40-31(41-26)42-15-33(35,36)16-42)25-13-20(6-7-27(25)46-4)21-10-23(11-21)30(44)47-5/h6-9,12-13,19,21,23,29H,10-11,14-16H2,1-5H3/t19-,21?,23?,29-/m0/s1. The largest absolute Gasteiger partial charge is 0.496 e. The number of halogens is 5. The van der Waals surface area contributed by atoms with E-state index in [0.717, 1.165) is 17.7 Å². The lowest BCUT2D eigenvalue weighted by atomic mass is 9.71. The molecule has 6 rings (SSSR count). The highest BCUT2D eigenvalue weighted by molar-refractivity contribution is 5.78. The van der Waals surface area contributed by atoms with Crippen LogP contribution in [0.5, 0.6) is 5.75 Å². The number of anilines is 1. The van der Waals surface area contributed by atoms with Crippen LogP contribution in [-0.4, -0.2) is 66.2 Å².